The normalized spacial score (nSPS) is 20.2. The predicted octanol–water partition coefficient (Wildman–Crippen LogP) is 4.77. The van der Waals surface area contributed by atoms with Crippen LogP contribution >= 0.6 is 0 Å². The number of halogens is 2. The van der Waals surface area contributed by atoms with Crippen LogP contribution in [0, 0.1) is 22.7 Å². The van der Waals surface area contributed by atoms with Crippen LogP contribution in [0.25, 0.3) is 0 Å². The molecule has 1 aliphatic carbocycles. The zero-order valence-corrected chi connectivity index (χ0v) is 19.4. The third kappa shape index (κ3) is 7.36. The van der Waals surface area contributed by atoms with E-state index in [2.05, 4.69) is 35.2 Å². The largest absolute Gasteiger partial charge is 0.487 e. The van der Waals surface area contributed by atoms with Crippen LogP contribution in [0.5, 0.6) is 5.75 Å². The molecule has 0 bridgehead atoms. The Balaban J connectivity index is 1.58. The Morgan fingerprint density at radius 2 is 2.12 bits per heavy atom. The number of nitriles is 1. The van der Waals surface area contributed by atoms with Crippen molar-refractivity contribution in [2.75, 3.05) is 18.5 Å². The zero-order chi connectivity index (χ0) is 24.1. The molecule has 0 aliphatic heterocycles. The lowest BCUT2D eigenvalue weighted by Crippen LogP contribution is -2.37. The van der Waals surface area contributed by atoms with Crippen LogP contribution in [-0.4, -0.2) is 40.3 Å². The van der Waals surface area contributed by atoms with E-state index >= 15 is 0 Å². The first-order chi connectivity index (χ1) is 15.6. The predicted molar refractivity (Wildman–Crippen MR) is 122 cm³/mol. The van der Waals surface area contributed by atoms with E-state index in [0.29, 0.717) is 42.6 Å². The number of anilines is 1. The SMILES string of the molecule is CC(F)(F)COc1cccc(CCNc2ncc(C#N)c(C[C@@H]3CC[C@H](O)C(C)(C)C3)n2)c1. The van der Waals surface area contributed by atoms with Gasteiger partial charge < -0.3 is 15.2 Å². The molecule has 8 heteroatoms. The lowest BCUT2D eigenvalue weighted by atomic mass is 9.69. The molecule has 3 rings (SSSR count). The zero-order valence-electron chi connectivity index (χ0n) is 19.4. The van der Waals surface area contributed by atoms with Crippen LogP contribution in [0.1, 0.15) is 56.9 Å². The maximum atomic E-state index is 13.0. The Labute approximate surface area is 194 Å². The molecule has 2 N–H and O–H groups in total. The van der Waals surface area contributed by atoms with Gasteiger partial charge in [0, 0.05) is 13.5 Å². The van der Waals surface area contributed by atoms with Crippen molar-refractivity contribution in [1.82, 2.24) is 9.97 Å². The summed E-state index contributed by atoms with van der Waals surface area (Å²) in [4.78, 5) is 8.85. The van der Waals surface area contributed by atoms with Gasteiger partial charge in [0.15, 0.2) is 6.61 Å². The van der Waals surface area contributed by atoms with Gasteiger partial charge in [0.1, 0.15) is 11.8 Å². The molecule has 1 heterocycles. The minimum absolute atomic E-state index is 0.144. The highest BCUT2D eigenvalue weighted by Gasteiger charge is 2.36. The molecule has 2 aromatic rings. The van der Waals surface area contributed by atoms with E-state index in [1.165, 1.54) is 0 Å². The highest BCUT2D eigenvalue weighted by atomic mass is 19.3. The number of rotatable bonds is 9. The number of aromatic nitrogens is 2. The molecule has 1 aliphatic rings. The maximum absolute atomic E-state index is 13.0. The average Bonchev–Trinajstić information content (AvgIpc) is 2.75. The van der Waals surface area contributed by atoms with Crippen molar-refractivity contribution in [2.45, 2.75) is 64.9 Å². The van der Waals surface area contributed by atoms with Crippen molar-refractivity contribution in [2.24, 2.45) is 11.3 Å². The van der Waals surface area contributed by atoms with Crippen molar-refractivity contribution in [3.05, 3.63) is 47.3 Å². The number of nitrogens with zero attached hydrogens (tertiary/aromatic N) is 3. The Bertz CT molecular complexity index is 985. The van der Waals surface area contributed by atoms with E-state index in [1.54, 1.807) is 24.4 Å². The minimum Gasteiger partial charge on any atom is -0.487 e. The monoisotopic (exact) mass is 458 g/mol. The second-order valence-corrected chi connectivity index (χ2v) is 9.70. The van der Waals surface area contributed by atoms with Crippen molar-refractivity contribution < 1.29 is 18.6 Å². The fourth-order valence-electron chi connectivity index (χ4n) is 4.28. The molecule has 1 aromatic heterocycles. The van der Waals surface area contributed by atoms with Crippen LogP contribution in [0.4, 0.5) is 14.7 Å². The van der Waals surface area contributed by atoms with Crippen LogP contribution in [-0.2, 0) is 12.8 Å². The fraction of sp³-hybridized carbons (Fsp3) is 0.560. The molecule has 1 fully saturated rings. The van der Waals surface area contributed by atoms with E-state index in [-0.39, 0.29) is 11.5 Å². The summed E-state index contributed by atoms with van der Waals surface area (Å²) in [5.41, 5.74) is 2.00. The second kappa shape index (κ2) is 10.4. The molecule has 0 unspecified atom stereocenters. The summed E-state index contributed by atoms with van der Waals surface area (Å²) >= 11 is 0. The highest BCUT2D eigenvalue weighted by molar-refractivity contribution is 5.37. The van der Waals surface area contributed by atoms with E-state index in [1.807, 2.05) is 6.07 Å². The number of alkyl halides is 2. The van der Waals surface area contributed by atoms with E-state index in [4.69, 9.17) is 4.74 Å². The van der Waals surface area contributed by atoms with Gasteiger partial charge in [-0.3, -0.25) is 0 Å². The van der Waals surface area contributed by atoms with Gasteiger partial charge >= 0.3 is 0 Å². The first kappa shape index (κ1) is 24.8. The smallest absolute Gasteiger partial charge is 0.278 e. The van der Waals surface area contributed by atoms with Gasteiger partial charge in [-0.25, -0.2) is 18.7 Å². The van der Waals surface area contributed by atoms with Crippen LogP contribution in [0.15, 0.2) is 30.5 Å². The molecule has 2 atom stereocenters. The summed E-state index contributed by atoms with van der Waals surface area (Å²) in [6.07, 6.45) is 5.11. The summed E-state index contributed by atoms with van der Waals surface area (Å²) in [6.45, 7) is 4.87. The van der Waals surface area contributed by atoms with Gasteiger partial charge in [0.05, 0.1) is 23.6 Å². The van der Waals surface area contributed by atoms with Gasteiger partial charge in [-0.1, -0.05) is 26.0 Å². The molecule has 33 heavy (non-hydrogen) atoms. The summed E-state index contributed by atoms with van der Waals surface area (Å²) in [6, 6.07) is 9.27. The van der Waals surface area contributed by atoms with Crippen molar-refractivity contribution in [3.8, 4) is 11.8 Å². The third-order valence-electron chi connectivity index (χ3n) is 6.12. The third-order valence-corrected chi connectivity index (χ3v) is 6.12. The molecular formula is C25H32F2N4O2. The van der Waals surface area contributed by atoms with Crippen LogP contribution < -0.4 is 10.1 Å². The first-order valence-electron chi connectivity index (χ1n) is 11.3. The topological polar surface area (TPSA) is 91.1 Å². The van der Waals surface area contributed by atoms with Gasteiger partial charge in [0.2, 0.25) is 5.95 Å². The standard InChI is InChI=1S/C25H32F2N4O2/c1-24(2)13-18(7-8-22(24)32)12-21-19(14-28)15-30-23(31-21)29-10-9-17-5-4-6-20(11-17)33-16-25(3,26)27/h4-6,11,15,18,22,32H,7-10,12-13,16H2,1-3H3,(H,29,30,31)/t18-,22-/m0/s1. The fourth-order valence-corrected chi connectivity index (χ4v) is 4.28. The number of benzene rings is 1. The quantitative estimate of drug-likeness (QED) is 0.563. The van der Waals surface area contributed by atoms with Gasteiger partial charge in [-0.15, -0.1) is 0 Å². The molecule has 1 aromatic carbocycles. The first-order valence-corrected chi connectivity index (χ1v) is 11.3. The summed E-state index contributed by atoms with van der Waals surface area (Å²) in [5.74, 6) is -1.66. The highest BCUT2D eigenvalue weighted by Crippen LogP contribution is 2.40. The number of hydrogen-bond donors (Lipinski definition) is 2. The molecule has 0 saturated heterocycles. The number of aliphatic hydroxyl groups is 1. The lowest BCUT2D eigenvalue weighted by Gasteiger charge is -2.39. The van der Waals surface area contributed by atoms with E-state index in [0.717, 1.165) is 37.4 Å². The van der Waals surface area contributed by atoms with Crippen LogP contribution in [0.2, 0.25) is 0 Å². The minimum atomic E-state index is -2.88. The number of aliphatic hydroxyl groups excluding tert-OH is 1. The lowest BCUT2D eigenvalue weighted by molar-refractivity contribution is -0.0229. The Hall–Kier alpha value is -2.79. The molecule has 178 valence electrons. The van der Waals surface area contributed by atoms with E-state index < -0.39 is 12.5 Å². The summed E-state index contributed by atoms with van der Waals surface area (Å²) in [7, 11) is 0. The summed E-state index contributed by atoms with van der Waals surface area (Å²) in [5, 5.41) is 22.9. The van der Waals surface area contributed by atoms with Crippen molar-refractivity contribution in [1.29, 1.82) is 5.26 Å². The van der Waals surface area contributed by atoms with Crippen LogP contribution in [0.3, 0.4) is 0 Å². The molecule has 6 nitrogen and oxygen atoms in total. The van der Waals surface area contributed by atoms with E-state index in [9.17, 15) is 19.1 Å². The molecule has 0 spiro atoms. The second-order valence-electron chi connectivity index (χ2n) is 9.70. The number of hydrogen-bond acceptors (Lipinski definition) is 6. The number of nitrogens with one attached hydrogen (secondary N) is 1. The molecular weight excluding hydrogens is 426 g/mol. The Morgan fingerprint density at radius 3 is 2.82 bits per heavy atom. The Kier molecular flexibility index (Phi) is 7.85. The van der Waals surface area contributed by atoms with Crippen molar-refractivity contribution in [3.63, 3.8) is 0 Å². The maximum Gasteiger partial charge on any atom is 0.278 e. The average molecular weight is 459 g/mol. The number of ether oxygens (including phenoxy) is 1. The van der Waals surface area contributed by atoms with Gasteiger partial charge in [-0.2, -0.15) is 5.26 Å². The van der Waals surface area contributed by atoms with Gasteiger partial charge in [0.25, 0.3) is 5.92 Å². The van der Waals surface area contributed by atoms with Crippen molar-refractivity contribution >= 4 is 5.95 Å². The Morgan fingerprint density at radius 1 is 1.33 bits per heavy atom. The summed E-state index contributed by atoms with van der Waals surface area (Å²) < 4.78 is 31.2. The molecule has 1 saturated carbocycles. The van der Waals surface area contributed by atoms with Gasteiger partial charge in [-0.05, 0) is 61.1 Å². The molecule has 0 amide bonds. The molecule has 0 radical (unpaired) electrons.